The van der Waals surface area contributed by atoms with Crippen LogP contribution < -0.4 is 0 Å². The minimum absolute atomic E-state index is 0.468. The molecule has 2 aliphatic rings. The number of hydrogen-bond acceptors (Lipinski definition) is 6. The predicted octanol–water partition coefficient (Wildman–Crippen LogP) is 3.30. The number of nitrogens with zero attached hydrogens (tertiary/aromatic N) is 4. The molecule has 1 aromatic heterocycles. The van der Waals surface area contributed by atoms with Gasteiger partial charge in [0.05, 0.1) is 23.0 Å². The number of hydrogen-bond donors (Lipinski definition) is 0. The van der Waals surface area contributed by atoms with Crippen molar-refractivity contribution < 1.29 is 4.39 Å². The van der Waals surface area contributed by atoms with Gasteiger partial charge in [0.25, 0.3) is 5.30 Å². The summed E-state index contributed by atoms with van der Waals surface area (Å²) in [5, 5.41) is 6.44. The van der Waals surface area contributed by atoms with E-state index < -0.39 is 5.30 Å². The van der Waals surface area contributed by atoms with Gasteiger partial charge in [0.2, 0.25) is 0 Å². The molecule has 0 radical (unpaired) electrons. The maximum absolute atomic E-state index is 13.2. The first-order valence-corrected chi connectivity index (χ1v) is 7.25. The van der Waals surface area contributed by atoms with Crippen molar-refractivity contribution in [2.45, 2.75) is 0 Å². The lowest BCUT2D eigenvalue weighted by Crippen LogP contribution is -2.27. The Morgan fingerprint density at radius 1 is 1.26 bits per heavy atom. The smallest absolute Gasteiger partial charge is 0.261 e. The fraction of sp³-hybridized carbons (Fsp3) is 0.0833. The quantitative estimate of drug-likeness (QED) is 0.809. The van der Waals surface area contributed by atoms with Crippen LogP contribution in [0.2, 0.25) is 0 Å². The van der Waals surface area contributed by atoms with Gasteiger partial charge in [0.1, 0.15) is 15.7 Å². The Morgan fingerprint density at radius 2 is 2.16 bits per heavy atom. The number of thiazole rings is 1. The van der Waals surface area contributed by atoms with Gasteiger partial charge in [0, 0.05) is 0 Å². The van der Waals surface area contributed by atoms with Crippen LogP contribution in [0.5, 0.6) is 0 Å². The fourth-order valence-electron chi connectivity index (χ4n) is 1.95. The van der Waals surface area contributed by atoms with E-state index in [-0.39, 0.29) is 0 Å². The van der Waals surface area contributed by atoms with Crippen LogP contribution in [0.4, 0.5) is 4.39 Å². The summed E-state index contributed by atoms with van der Waals surface area (Å²) in [5.41, 5.74) is 1.70. The molecule has 0 fully saturated rings. The van der Waals surface area contributed by atoms with Gasteiger partial charge in [0.15, 0.2) is 0 Å². The SMILES string of the molecule is FC1=NN2C=C(c3nc4ccccc4s3)N=C(C2)S1. The second-order valence-electron chi connectivity index (χ2n) is 4.06. The topological polar surface area (TPSA) is 40.9 Å². The molecular weight excluding hydrogens is 283 g/mol. The lowest BCUT2D eigenvalue weighted by Gasteiger charge is -2.23. The lowest BCUT2D eigenvalue weighted by molar-refractivity contribution is 0.446. The van der Waals surface area contributed by atoms with Gasteiger partial charge < -0.3 is 0 Å². The highest BCUT2D eigenvalue weighted by atomic mass is 32.2. The molecule has 0 atom stereocenters. The third-order valence-corrected chi connectivity index (χ3v) is 4.50. The van der Waals surface area contributed by atoms with Crippen LogP contribution in [-0.4, -0.2) is 26.9 Å². The van der Waals surface area contributed by atoms with Crippen LogP contribution >= 0.6 is 23.1 Å². The molecule has 0 unspecified atom stereocenters. The number of aliphatic imine (C=N–C) groups is 1. The zero-order valence-electron chi connectivity index (χ0n) is 9.58. The molecule has 94 valence electrons. The number of fused-ring (bicyclic) bond motifs is 3. The van der Waals surface area contributed by atoms with Crippen molar-refractivity contribution in [1.82, 2.24) is 9.99 Å². The Labute approximate surface area is 116 Å². The molecule has 0 aliphatic carbocycles. The molecule has 4 nitrogen and oxygen atoms in total. The summed E-state index contributed by atoms with van der Waals surface area (Å²) < 4.78 is 14.3. The Morgan fingerprint density at radius 3 is 3.00 bits per heavy atom. The van der Waals surface area contributed by atoms with Crippen LogP contribution in [0.15, 0.2) is 40.6 Å². The maximum atomic E-state index is 13.2. The number of rotatable bonds is 1. The van der Waals surface area contributed by atoms with Crippen LogP contribution in [0, 0.1) is 0 Å². The van der Waals surface area contributed by atoms with Gasteiger partial charge in [-0.25, -0.2) is 9.98 Å². The van der Waals surface area contributed by atoms with E-state index in [1.54, 1.807) is 22.5 Å². The van der Waals surface area contributed by atoms with E-state index in [1.807, 2.05) is 24.3 Å². The van der Waals surface area contributed by atoms with E-state index in [2.05, 4.69) is 15.1 Å². The monoisotopic (exact) mass is 290 g/mol. The number of para-hydroxylation sites is 1. The average Bonchev–Trinajstić information content (AvgIpc) is 2.81. The molecule has 2 aliphatic heterocycles. The highest BCUT2D eigenvalue weighted by Gasteiger charge is 2.23. The van der Waals surface area contributed by atoms with Crippen LogP contribution in [-0.2, 0) is 0 Å². The molecule has 7 heteroatoms. The third kappa shape index (κ3) is 1.95. The molecule has 0 spiro atoms. The number of thioether (sulfide) groups is 1. The molecule has 2 aromatic rings. The Kier molecular flexibility index (Phi) is 2.42. The Balaban J connectivity index is 1.81. The van der Waals surface area contributed by atoms with Crippen molar-refractivity contribution in [2.24, 2.45) is 10.1 Å². The standard InChI is InChI=1S/C12H7FN4S2/c13-12-16-17-5-8(14-10(6-17)19-12)11-15-7-3-1-2-4-9(7)18-11/h1-5H,6H2. The second-order valence-corrected chi connectivity index (χ2v) is 6.10. The number of aromatic nitrogens is 1. The minimum Gasteiger partial charge on any atom is -0.261 e. The largest absolute Gasteiger partial charge is 0.270 e. The van der Waals surface area contributed by atoms with E-state index in [4.69, 9.17) is 0 Å². The molecule has 0 saturated carbocycles. The van der Waals surface area contributed by atoms with E-state index in [9.17, 15) is 4.39 Å². The van der Waals surface area contributed by atoms with E-state index in [0.29, 0.717) is 11.6 Å². The van der Waals surface area contributed by atoms with Gasteiger partial charge in [-0.2, -0.15) is 4.39 Å². The summed E-state index contributed by atoms with van der Waals surface area (Å²) in [6.07, 6.45) is 1.74. The summed E-state index contributed by atoms with van der Waals surface area (Å²) in [6.45, 7) is 0.534. The van der Waals surface area contributed by atoms with Crippen molar-refractivity contribution >= 4 is 49.4 Å². The van der Waals surface area contributed by atoms with Gasteiger partial charge in [-0.1, -0.05) is 12.1 Å². The molecule has 0 saturated heterocycles. The van der Waals surface area contributed by atoms with Crippen molar-refractivity contribution in [1.29, 1.82) is 0 Å². The molecule has 1 aromatic carbocycles. The van der Waals surface area contributed by atoms with Gasteiger partial charge in [-0.3, -0.25) is 5.01 Å². The highest BCUT2D eigenvalue weighted by Crippen LogP contribution is 2.32. The highest BCUT2D eigenvalue weighted by molar-refractivity contribution is 8.26. The Bertz CT molecular complexity index is 729. The number of halogens is 1. The maximum Gasteiger partial charge on any atom is 0.270 e. The average molecular weight is 290 g/mol. The van der Waals surface area contributed by atoms with Crippen LogP contribution in [0.1, 0.15) is 5.01 Å². The zero-order chi connectivity index (χ0) is 12.8. The minimum atomic E-state index is -0.468. The van der Waals surface area contributed by atoms with E-state index in [0.717, 1.165) is 32.7 Å². The molecule has 2 bridgehead atoms. The van der Waals surface area contributed by atoms with Crippen molar-refractivity contribution in [3.63, 3.8) is 0 Å². The van der Waals surface area contributed by atoms with E-state index in [1.165, 1.54) is 0 Å². The second kappa shape index (κ2) is 4.14. The lowest BCUT2D eigenvalue weighted by atomic mass is 10.3. The van der Waals surface area contributed by atoms with Gasteiger partial charge >= 0.3 is 0 Å². The Hall–Kier alpha value is -1.73. The molecular formula is C12H7FN4S2. The fourth-order valence-corrected chi connectivity index (χ4v) is 3.55. The first-order chi connectivity index (χ1) is 9.28. The summed E-state index contributed by atoms with van der Waals surface area (Å²) in [5.74, 6) is 0. The molecule has 4 rings (SSSR count). The summed E-state index contributed by atoms with van der Waals surface area (Å²) in [6, 6.07) is 7.94. The predicted molar refractivity (Wildman–Crippen MR) is 77.9 cm³/mol. The zero-order valence-corrected chi connectivity index (χ0v) is 11.2. The number of hydrazone groups is 1. The molecule has 19 heavy (non-hydrogen) atoms. The third-order valence-electron chi connectivity index (χ3n) is 2.74. The van der Waals surface area contributed by atoms with Crippen molar-refractivity contribution in [3.05, 3.63) is 35.5 Å². The molecule has 0 amide bonds. The van der Waals surface area contributed by atoms with Crippen LogP contribution in [0.25, 0.3) is 15.9 Å². The van der Waals surface area contributed by atoms with Gasteiger partial charge in [-0.05, 0) is 23.9 Å². The normalized spacial score (nSPS) is 18.2. The van der Waals surface area contributed by atoms with Crippen molar-refractivity contribution in [2.75, 3.05) is 6.54 Å². The van der Waals surface area contributed by atoms with Gasteiger partial charge in [-0.15, -0.1) is 16.4 Å². The first kappa shape index (κ1) is 11.1. The molecule has 0 N–H and O–H groups in total. The summed E-state index contributed by atoms with van der Waals surface area (Å²) in [4.78, 5) is 8.99. The molecule has 3 heterocycles. The summed E-state index contributed by atoms with van der Waals surface area (Å²) >= 11 is 2.55. The summed E-state index contributed by atoms with van der Waals surface area (Å²) in [7, 11) is 0. The number of benzene rings is 1. The van der Waals surface area contributed by atoms with Crippen LogP contribution in [0.3, 0.4) is 0 Å². The van der Waals surface area contributed by atoms with Crippen molar-refractivity contribution in [3.8, 4) is 0 Å². The van der Waals surface area contributed by atoms with E-state index >= 15 is 0 Å². The first-order valence-electron chi connectivity index (χ1n) is 5.62.